The molecule has 1 heterocycles. The Bertz CT molecular complexity index is 549. The molecule has 0 aromatic carbocycles. The number of halogens is 1. The summed E-state index contributed by atoms with van der Waals surface area (Å²) in [5, 5.41) is 0.164. The summed E-state index contributed by atoms with van der Waals surface area (Å²) in [4.78, 5) is 22.0. The van der Waals surface area contributed by atoms with Gasteiger partial charge in [-0.2, -0.15) is 0 Å². The van der Waals surface area contributed by atoms with Crippen molar-refractivity contribution < 1.29 is 18.0 Å². The normalized spacial score (nSPS) is 21.6. The van der Waals surface area contributed by atoms with Gasteiger partial charge in [0, 0.05) is 25.0 Å². The number of carbonyl (C=O) groups excluding carboxylic acids is 2. The van der Waals surface area contributed by atoms with Gasteiger partial charge in [0.25, 0.3) is 0 Å². The van der Waals surface area contributed by atoms with Crippen LogP contribution in [0.2, 0.25) is 0 Å². The average molecular weight is 326 g/mol. The number of hydrogen-bond acceptors (Lipinski definition) is 6. The van der Waals surface area contributed by atoms with Gasteiger partial charge in [0.2, 0.25) is 21.8 Å². The number of primary amides is 2. The van der Waals surface area contributed by atoms with E-state index < -0.39 is 39.7 Å². The van der Waals surface area contributed by atoms with Gasteiger partial charge in [0.15, 0.2) is 5.37 Å². The standard InChI is InChI=1S/C9H16ClN5O4S/c1-5-4-14(2)15(10)9(5)20(18,19)13-6(8(12)17)3-7(11)16/h4,6,9,13H,3H2,1-2H3,(H2,11,16)(H2,12,17)/t6-,9?/m0/s1. The Morgan fingerprint density at radius 3 is 2.40 bits per heavy atom. The zero-order valence-electron chi connectivity index (χ0n) is 10.9. The molecule has 2 amide bonds. The number of hydrogen-bond donors (Lipinski definition) is 3. The fourth-order valence-electron chi connectivity index (χ4n) is 1.77. The van der Waals surface area contributed by atoms with Crippen LogP contribution in [0.5, 0.6) is 0 Å². The molecule has 1 rings (SSSR count). The minimum absolute atomic E-state index is 0.442. The van der Waals surface area contributed by atoms with Crippen molar-refractivity contribution in [3.63, 3.8) is 0 Å². The van der Waals surface area contributed by atoms with E-state index in [1.807, 2.05) is 0 Å². The van der Waals surface area contributed by atoms with Crippen molar-refractivity contribution in [2.45, 2.75) is 24.8 Å². The number of nitrogens with zero attached hydrogens (tertiary/aromatic N) is 2. The summed E-state index contributed by atoms with van der Waals surface area (Å²) in [5.74, 6) is -1.85. The highest BCUT2D eigenvalue weighted by atomic mass is 35.5. The molecule has 0 saturated heterocycles. The van der Waals surface area contributed by atoms with Crippen molar-refractivity contribution in [3.8, 4) is 0 Å². The highest BCUT2D eigenvalue weighted by molar-refractivity contribution is 7.90. The molecule has 2 atom stereocenters. The molecule has 1 unspecified atom stereocenters. The molecule has 0 aromatic heterocycles. The van der Waals surface area contributed by atoms with Gasteiger partial charge in [-0.1, -0.05) is 0 Å². The lowest BCUT2D eigenvalue weighted by atomic mass is 10.2. The fourth-order valence-corrected chi connectivity index (χ4v) is 3.94. The zero-order chi connectivity index (χ0) is 15.7. The maximum atomic E-state index is 12.2. The monoisotopic (exact) mass is 325 g/mol. The first-order valence-corrected chi connectivity index (χ1v) is 7.39. The second kappa shape index (κ2) is 5.95. The van der Waals surface area contributed by atoms with Gasteiger partial charge in [-0.05, 0) is 12.5 Å². The third-order valence-corrected chi connectivity index (χ3v) is 4.95. The van der Waals surface area contributed by atoms with Crippen LogP contribution in [0, 0.1) is 0 Å². The maximum absolute atomic E-state index is 12.2. The molecule has 0 aromatic rings. The lowest BCUT2D eigenvalue weighted by Crippen LogP contribution is -2.52. The Hall–Kier alpha value is -1.36. The first kappa shape index (κ1) is 16.7. The van der Waals surface area contributed by atoms with Crippen LogP contribution in [0.25, 0.3) is 0 Å². The van der Waals surface area contributed by atoms with Crippen LogP contribution in [0.15, 0.2) is 11.8 Å². The van der Waals surface area contributed by atoms with E-state index in [4.69, 9.17) is 23.2 Å². The van der Waals surface area contributed by atoms with Gasteiger partial charge in [-0.15, -0.1) is 4.53 Å². The number of amides is 2. The molecule has 0 bridgehead atoms. The summed E-state index contributed by atoms with van der Waals surface area (Å²) in [5.41, 5.74) is 10.4. The summed E-state index contributed by atoms with van der Waals surface area (Å²) in [6.07, 6.45) is 0.992. The van der Waals surface area contributed by atoms with Gasteiger partial charge < -0.3 is 16.5 Å². The molecule has 20 heavy (non-hydrogen) atoms. The Kier molecular flexibility index (Phi) is 4.97. The summed E-state index contributed by atoms with van der Waals surface area (Å²) in [6, 6.07) is -1.42. The first-order chi connectivity index (χ1) is 9.06. The Balaban J connectivity index is 2.97. The third kappa shape index (κ3) is 3.60. The number of nitrogens with one attached hydrogen (secondary N) is 1. The lowest BCUT2D eigenvalue weighted by molar-refractivity contribution is -0.124. The third-order valence-electron chi connectivity index (χ3n) is 2.62. The Labute approximate surface area is 121 Å². The molecule has 0 spiro atoms. The van der Waals surface area contributed by atoms with Gasteiger partial charge in [0.05, 0.1) is 6.42 Å². The molecule has 1 aliphatic rings. The lowest BCUT2D eigenvalue weighted by Gasteiger charge is -2.25. The number of hydrazine groups is 1. The van der Waals surface area contributed by atoms with Crippen LogP contribution in [-0.4, -0.2) is 48.2 Å². The molecule has 5 N–H and O–H groups in total. The molecular formula is C9H16ClN5O4S. The van der Waals surface area contributed by atoms with Crippen molar-refractivity contribution in [1.82, 2.24) is 14.3 Å². The molecule has 0 saturated carbocycles. The van der Waals surface area contributed by atoms with E-state index in [0.717, 1.165) is 4.53 Å². The van der Waals surface area contributed by atoms with Gasteiger partial charge in [-0.3, -0.25) is 9.59 Å². The second-order valence-corrected chi connectivity index (χ2v) is 6.49. The highest BCUT2D eigenvalue weighted by Crippen LogP contribution is 2.27. The quantitative estimate of drug-likeness (QED) is 0.491. The Morgan fingerprint density at radius 1 is 1.50 bits per heavy atom. The van der Waals surface area contributed by atoms with Crippen LogP contribution in [0.1, 0.15) is 13.3 Å². The molecular weight excluding hydrogens is 310 g/mol. The van der Waals surface area contributed by atoms with E-state index in [9.17, 15) is 18.0 Å². The van der Waals surface area contributed by atoms with E-state index in [0.29, 0.717) is 5.57 Å². The molecule has 9 nitrogen and oxygen atoms in total. The Morgan fingerprint density at radius 2 is 2.05 bits per heavy atom. The topological polar surface area (TPSA) is 139 Å². The summed E-state index contributed by atoms with van der Waals surface area (Å²) < 4.78 is 27.5. The average Bonchev–Trinajstić information content (AvgIpc) is 2.51. The second-order valence-electron chi connectivity index (χ2n) is 4.38. The van der Waals surface area contributed by atoms with Crippen LogP contribution in [0.4, 0.5) is 0 Å². The van der Waals surface area contributed by atoms with Crippen LogP contribution in [-0.2, 0) is 19.6 Å². The summed E-state index contributed by atoms with van der Waals surface area (Å²) in [6.45, 7) is 1.57. The van der Waals surface area contributed by atoms with Crippen LogP contribution >= 0.6 is 11.8 Å². The van der Waals surface area contributed by atoms with Crippen LogP contribution < -0.4 is 16.2 Å². The van der Waals surface area contributed by atoms with Crippen molar-refractivity contribution in [3.05, 3.63) is 11.8 Å². The number of nitrogens with two attached hydrogens (primary N) is 2. The molecule has 0 fully saturated rings. The minimum atomic E-state index is -4.06. The smallest absolute Gasteiger partial charge is 0.236 e. The van der Waals surface area contributed by atoms with E-state index in [1.54, 1.807) is 14.0 Å². The largest absolute Gasteiger partial charge is 0.370 e. The minimum Gasteiger partial charge on any atom is -0.370 e. The predicted molar refractivity (Wildman–Crippen MR) is 71.8 cm³/mol. The summed E-state index contributed by atoms with van der Waals surface area (Å²) >= 11 is 5.86. The fraction of sp³-hybridized carbons (Fsp3) is 0.556. The van der Waals surface area contributed by atoms with Crippen molar-refractivity contribution in [2.24, 2.45) is 11.5 Å². The van der Waals surface area contributed by atoms with Crippen molar-refractivity contribution in [2.75, 3.05) is 7.05 Å². The molecule has 0 radical (unpaired) electrons. The number of carbonyl (C=O) groups is 2. The molecule has 1 aliphatic heterocycles. The highest BCUT2D eigenvalue weighted by Gasteiger charge is 2.40. The van der Waals surface area contributed by atoms with Crippen molar-refractivity contribution in [1.29, 1.82) is 0 Å². The predicted octanol–water partition coefficient (Wildman–Crippen LogP) is -1.82. The van der Waals surface area contributed by atoms with E-state index >= 15 is 0 Å². The number of rotatable bonds is 6. The van der Waals surface area contributed by atoms with Gasteiger partial charge in [-0.25, -0.2) is 13.1 Å². The molecule has 0 aliphatic carbocycles. The van der Waals surface area contributed by atoms with Crippen molar-refractivity contribution >= 4 is 33.6 Å². The molecule has 114 valence electrons. The van der Waals surface area contributed by atoms with E-state index in [-0.39, 0.29) is 0 Å². The number of sulfonamides is 1. The molecule has 11 heteroatoms. The van der Waals surface area contributed by atoms with Gasteiger partial charge >= 0.3 is 0 Å². The SMILES string of the molecule is CC1=CN(C)N(Cl)C1S(=O)(=O)N[C@@H](CC(N)=O)C(N)=O. The van der Waals surface area contributed by atoms with Gasteiger partial charge in [0.1, 0.15) is 6.04 Å². The first-order valence-electron chi connectivity index (χ1n) is 5.51. The maximum Gasteiger partial charge on any atom is 0.236 e. The van der Waals surface area contributed by atoms with Crippen LogP contribution in [0.3, 0.4) is 0 Å². The summed E-state index contributed by atoms with van der Waals surface area (Å²) in [7, 11) is -2.50. The van der Waals surface area contributed by atoms with E-state index in [1.165, 1.54) is 11.2 Å². The zero-order valence-corrected chi connectivity index (χ0v) is 12.5. The van der Waals surface area contributed by atoms with E-state index in [2.05, 4.69) is 4.72 Å².